The number of aromatic nitrogens is 1. The highest BCUT2D eigenvalue weighted by atomic mass is 16.3. The molecule has 0 radical (unpaired) electrons. The molecule has 2 nitrogen and oxygen atoms in total. The number of unbranched alkanes of at least 4 members (excludes halogenated alkanes) is 7. The van der Waals surface area contributed by atoms with E-state index in [1.165, 1.54) is 44.9 Å². The van der Waals surface area contributed by atoms with E-state index < -0.39 is 0 Å². The van der Waals surface area contributed by atoms with Gasteiger partial charge in [-0.25, -0.2) is 0 Å². The first-order valence-electron chi connectivity index (χ1n) is 7.84. The Morgan fingerprint density at radius 1 is 1.00 bits per heavy atom. The second-order valence-corrected chi connectivity index (χ2v) is 5.51. The van der Waals surface area contributed by atoms with E-state index in [-0.39, 0.29) is 6.10 Å². The molecule has 0 bridgehead atoms. The summed E-state index contributed by atoms with van der Waals surface area (Å²) in [5.74, 6) is 0. The van der Waals surface area contributed by atoms with Gasteiger partial charge in [0.2, 0.25) is 0 Å². The molecule has 0 saturated heterocycles. The van der Waals surface area contributed by atoms with E-state index in [9.17, 15) is 5.11 Å². The summed E-state index contributed by atoms with van der Waals surface area (Å²) in [6.07, 6.45) is 12.8. The molecule has 0 aliphatic rings. The number of aliphatic hydroxyl groups excluding tert-OH is 1. The first kappa shape index (κ1) is 16.2. The molecule has 1 aromatic rings. The Labute approximate surface area is 118 Å². The van der Waals surface area contributed by atoms with Gasteiger partial charge in [0.25, 0.3) is 0 Å². The van der Waals surface area contributed by atoms with Crippen LogP contribution >= 0.6 is 0 Å². The largest absolute Gasteiger partial charge is 0.388 e. The lowest BCUT2D eigenvalue weighted by Gasteiger charge is -2.10. The zero-order valence-electron chi connectivity index (χ0n) is 12.6. The molecule has 0 aliphatic heterocycles. The van der Waals surface area contributed by atoms with E-state index in [0.29, 0.717) is 0 Å². The molecule has 0 aromatic carbocycles. The van der Waals surface area contributed by atoms with Crippen molar-refractivity contribution in [3.8, 4) is 0 Å². The molecule has 2 heteroatoms. The molecule has 0 fully saturated rings. The van der Waals surface area contributed by atoms with Gasteiger partial charge in [0.05, 0.1) is 6.10 Å². The van der Waals surface area contributed by atoms with Gasteiger partial charge in [0, 0.05) is 11.9 Å². The van der Waals surface area contributed by atoms with Crippen LogP contribution in [0.5, 0.6) is 0 Å². The van der Waals surface area contributed by atoms with Crippen LogP contribution in [-0.4, -0.2) is 10.1 Å². The van der Waals surface area contributed by atoms with Crippen molar-refractivity contribution in [3.05, 3.63) is 29.6 Å². The number of nitrogens with zero attached hydrogens (tertiary/aromatic N) is 1. The molecule has 108 valence electrons. The van der Waals surface area contributed by atoms with Gasteiger partial charge in [-0.2, -0.15) is 0 Å². The third kappa shape index (κ3) is 7.31. The Balaban J connectivity index is 2.04. The van der Waals surface area contributed by atoms with Crippen LogP contribution in [0.3, 0.4) is 0 Å². The SMILES string of the molecule is CCCCCCCCCCC(O)c1ccc(C)nc1. The minimum Gasteiger partial charge on any atom is -0.388 e. The average molecular weight is 263 g/mol. The fourth-order valence-electron chi connectivity index (χ4n) is 2.31. The van der Waals surface area contributed by atoms with E-state index >= 15 is 0 Å². The highest BCUT2D eigenvalue weighted by Gasteiger charge is 2.06. The van der Waals surface area contributed by atoms with Crippen LogP contribution in [0.1, 0.15) is 82.1 Å². The summed E-state index contributed by atoms with van der Waals surface area (Å²) in [6, 6.07) is 3.95. The van der Waals surface area contributed by atoms with Crippen LogP contribution < -0.4 is 0 Å². The lowest BCUT2D eigenvalue weighted by molar-refractivity contribution is 0.163. The van der Waals surface area contributed by atoms with Gasteiger partial charge in [0.1, 0.15) is 0 Å². The van der Waals surface area contributed by atoms with E-state index in [0.717, 1.165) is 24.1 Å². The van der Waals surface area contributed by atoms with Crippen molar-refractivity contribution in [3.63, 3.8) is 0 Å². The van der Waals surface area contributed by atoms with Crippen LogP contribution in [0.4, 0.5) is 0 Å². The molecule has 19 heavy (non-hydrogen) atoms. The van der Waals surface area contributed by atoms with Gasteiger partial charge < -0.3 is 5.11 Å². The van der Waals surface area contributed by atoms with E-state index in [1.807, 2.05) is 19.1 Å². The molecule has 1 rings (SSSR count). The van der Waals surface area contributed by atoms with Gasteiger partial charge in [-0.05, 0) is 25.0 Å². The summed E-state index contributed by atoms with van der Waals surface area (Å²) < 4.78 is 0. The van der Waals surface area contributed by atoms with Crippen LogP contribution in [0, 0.1) is 6.92 Å². The van der Waals surface area contributed by atoms with Crippen LogP contribution in [-0.2, 0) is 0 Å². The lowest BCUT2D eigenvalue weighted by atomic mass is 10.0. The quantitative estimate of drug-likeness (QED) is 0.606. The second-order valence-electron chi connectivity index (χ2n) is 5.51. The zero-order chi connectivity index (χ0) is 13.9. The topological polar surface area (TPSA) is 33.1 Å². The number of pyridine rings is 1. The summed E-state index contributed by atoms with van der Waals surface area (Å²) >= 11 is 0. The highest BCUT2D eigenvalue weighted by Crippen LogP contribution is 2.19. The normalized spacial score (nSPS) is 12.6. The Bertz CT molecular complexity index is 321. The maximum absolute atomic E-state index is 10.0. The Kier molecular flexibility index (Phi) is 8.48. The summed E-state index contributed by atoms with van der Waals surface area (Å²) in [5, 5.41) is 10.0. The first-order valence-corrected chi connectivity index (χ1v) is 7.84. The van der Waals surface area contributed by atoms with Crippen LogP contribution in [0.15, 0.2) is 18.3 Å². The minimum absolute atomic E-state index is 0.340. The van der Waals surface area contributed by atoms with Gasteiger partial charge in [-0.3, -0.25) is 4.98 Å². The van der Waals surface area contributed by atoms with Crippen molar-refractivity contribution in [1.82, 2.24) is 4.98 Å². The molecule has 0 aliphatic carbocycles. The van der Waals surface area contributed by atoms with E-state index in [4.69, 9.17) is 0 Å². The van der Waals surface area contributed by atoms with Crippen molar-refractivity contribution in [2.24, 2.45) is 0 Å². The van der Waals surface area contributed by atoms with Gasteiger partial charge in [0.15, 0.2) is 0 Å². The predicted octanol–water partition coefficient (Wildman–Crippen LogP) is 4.95. The van der Waals surface area contributed by atoms with Crippen molar-refractivity contribution in [2.75, 3.05) is 0 Å². The Hall–Kier alpha value is -0.890. The fraction of sp³-hybridized carbons (Fsp3) is 0.706. The van der Waals surface area contributed by atoms with Crippen LogP contribution in [0.2, 0.25) is 0 Å². The fourth-order valence-corrected chi connectivity index (χ4v) is 2.31. The summed E-state index contributed by atoms with van der Waals surface area (Å²) in [7, 11) is 0. The third-order valence-electron chi connectivity index (χ3n) is 3.65. The molecule has 0 spiro atoms. The maximum atomic E-state index is 10.0. The molecule has 1 N–H and O–H groups in total. The Morgan fingerprint density at radius 3 is 2.21 bits per heavy atom. The third-order valence-corrected chi connectivity index (χ3v) is 3.65. The van der Waals surface area contributed by atoms with Crippen molar-refractivity contribution < 1.29 is 5.11 Å². The molecule has 1 aromatic heterocycles. The van der Waals surface area contributed by atoms with Gasteiger partial charge in [-0.15, -0.1) is 0 Å². The summed E-state index contributed by atoms with van der Waals surface area (Å²) in [6.45, 7) is 4.22. The molecular weight excluding hydrogens is 234 g/mol. The molecule has 1 heterocycles. The average Bonchev–Trinajstić information content (AvgIpc) is 2.42. The zero-order valence-corrected chi connectivity index (χ0v) is 12.6. The number of hydrogen-bond donors (Lipinski definition) is 1. The summed E-state index contributed by atoms with van der Waals surface area (Å²) in [4.78, 5) is 4.23. The number of aliphatic hydroxyl groups is 1. The number of rotatable bonds is 10. The van der Waals surface area contributed by atoms with E-state index in [2.05, 4.69) is 11.9 Å². The van der Waals surface area contributed by atoms with E-state index in [1.54, 1.807) is 6.20 Å². The second kappa shape index (κ2) is 9.96. The molecule has 0 amide bonds. The Morgan fingerprint density at radius 2 is 1.63 bits per heavy atom. The van der Waals surface area contributed by atoms with Gasteiger partial charge in [-0.1, -0.05) is 64.4 Å². The molecule has 0 saturated carbocycles. The highest BCUT2D eigenvalue weighted by molar-refractivity contribution is 5.15. The predicted molar refractivity (Wildman–Crippen MR) is 81.2 cm³/mol. The van der Waals surface area contributed by atoms with Crippen molar-refractivity contribution >= 4 is 0 Å². The summed E-state index contributed by atoms with van der Waals surface area (Å²) in [5.41, 5.74) is 1.96. The van der Waals surface area contributed by atoms with Gasteiger partial charge >= 0.3 is 0 Å². The molecule has 1 unspecified atom stereocenters. The van der Waals surface area contributed by atoms with Crippen molar-refractivity contribution in [2.45, 2.75) is 77.7 Å². The molecular formula is C17H29NO. The lowest BCUT2D eigenvalue weighted by Crippen LogP contribution is -1.98. The van der Waals surface area contributed by atoms with Crippen LogP contribution in [0.25, 0.3) is 0 Å². The monoisotopic (exact) mass is 263 g/mol. The van der Waals surface area contributed by atoms with Crippen molar-refractivity contribution in [1.29, 1.82) is 0 Å². The number of aryl methyl sites for hydroxylation is 1. The number of hydrogen-bond acceptors (Lipinski definition) is 2. The molecule has 1 atom stereocenters. The smallest absolute Gasteiger partial charge is 0.0804 e. The maximum Gasteiger partial charge on any atom is 0.0804 e. The minimum atomic E-state index is -0.340. The first-order chi connectivity index (χ1) is 9.24. The standard InChI is InChI=1S/C17H29NO/c1-3-4-5-6-7-8-9-10-11-17(19)16-13-12-15(2)18-14-16/h12-14,17,19H,3-11H2,1-2H3.